The third kappa shape index (κ3) is 3.04. The van der Waals surface area contributed by atoms with Gasteiger partial charge in [0.1, 0.15) is 5.75 Å². The van der Waals surface area contributed by atoms with Crippen LogP contribution in [0.2, 0.25) is 0 Å². The Morgan fingerprint density at radius 2 is 2.00 bits per heavy atom. The molecule has 2 aromatic rings. The Labute approximate surface area is 141 Å². The van der Waals surface area contributed by atoms with Gasteiger partial charge in [-0.2, -0.15) is 0 Å². The summed E-state index contributed by atoms with van der Waals surface area (Å²) in [4.78, 5) is 26.8. The van der Waals surface area contributed by atoms with E-state index in [1.54, 1.807) is 19.1 Å². The zero-order valence-electron chi connectivity index (χ0n) is 14.7. The molecule has 0 bridgehead atoms. The van der Waals surface area contributed by atoms with Gasteiger partial charge in [-0.25, -0.2) is 0 Å². The largest absolute Gasteiger partial charge is 0.426 e. The summed E-state index contributed by atoms with van der Waals surface area (Å²) in [6.45, 7) is 14.7. The lowest BCUT2D eigenvalue weighted by molar-refractivity contribution is -0.131. The first-order chi connectivity index (χ1) is 11.3. The predicted octanol–water partition coefficient (Wildman–Crippen LogP) is 4.09. The minimum Gasteiger partial charge on any atom is -0.426 e. The monoisotopic (exact) mass is 325 g/mol. The van der Waals surface area contributed by atoms with E-state index in [0.29, 0.717) is 23.3 Å². The number of hydrogen-bond donors (Lipinski definition) is 1. The molecular formula is C20H23NO3. The van der Waals surface area contributed by atoms with Gasteiger partial charge in [-0.1, -0.05) is 19.1 Å². The third-order valence-electron chi connectivity index (χ3n) is 4.39. The van der Waals surface area contributed by atoms with Gasteiger partial charge in [0.25, 0.3) is 5.56 Å². The second-order valence-electron chi connectivity index (χ2n) is 6.01. The maximum absolute atomic E-state index is 12.2. The van der Waals surface area contributed by atoms with Crippen molar-refractivity contribution in [2.24, 2.45) is 0 Å². The van der Waals surface area contributed by atoms with Crippen LogP contribution in [-0.2, 0) is 11.2 Å². The van der Waals surface area contributed by atoms with E-state index in [1.807, 2.05) is 19.9 Å². The first-order valence-electron chi connectivity index (χ1n) is 7.92. The number of pyridine rings is 1. The van der Waals surface area contributed by atoms with Crippen molar-refractivity contribution in [2.45, 2.75) is 40.0 Å². The Bertz CT molecular complexity index is 890. The normalized spacial score (nSPS) is 12.0. The fraction of sp³-hybridized carbons (Fsp3) is 0.300. The Morgan fingerprint density at radius 1 is 1.33 bits per heavy atom. The molecule has 0 aliphatic carbocycles. The fourth-order valence-electron chi connectivity index (χ4n) is 2.83. The summed E-state index contributed by atoms with van der Waals surface area (Å²) in [5, 5.41) is 0.948. The van der Waals surface area contributed by atoms with Gasteiger partial charge in [0.2, 0.25) is 0 Å². The molecule has 1 unspecified atom stereocenters. The van der Waals surface area contributed by atoms with Crippen molar-refractivity contribution >= 4 is 16.9 Å². The van der Waals surface area contributed by atoms with Gasteiger partial charge in [0.05, 0.1) is 5.52 Å². The molecule has 1 aromatic carbocycles. The number of allylic oxidation sites excluding steroid dienone is 2. The smallest absolute Gasteiger partial charge is 0.308 e. The highest BCUT2D eigenvalue weighted by atomic mass is 16.5. The van der Waals surface area contributed by atoms with Gasteiger partial charge in [0, 0.05) is 34.9 Å². The van der Waals surface area contributed by atoms with E-state index in [9.17, 15) is 9.59 Å². The number of ether oxygens (including phenoxy) is 1. The topological polar surface area (TPSA) is 59.2 Å². The first kappa shape index (κ1) is 17.7. The van der Waals surface area contributed by atoms with Crippen LogP contribution in [0.3, 0.4) is 0 Å². The van der Waals surface area contributed by atoms with E-state index >= 15 is 0 Å². The lowest BCUT2D eigenvalue weighted by Gasteiger charge is -2.20. The van der Waals surface area contributed by atoms with Crippen LogP contribution in [0.5, 0.6) is 5.75 Å². The number of aryl methyl sites for hydroxylation is 1. The molecular weight excluding hydrogens is 302 g/mol. The number of nitrogens with one attached hydrogen (secondary N) is 1. The van der Waals surface area contributed by atoms with E-state index in [-0.39, 0.29) is 11.5 Å². The highest BCUT2D eigenvalue weighted by Crippen LogP contribution is 2.37. The second kappa shape index (κ2) is 6.87. The SMILES string of the molecule is C=CCc1c(OC(C)=O)c(C(C)C=C)cc2c(C)c(C)c(=O)[nH]c12. The quantitative estimate of drug-likeness (QED) is 0.512. The molecule has 126 valence electrons. The van der Waals surface area contributed by atoms with Crippen LogP contribution in [0.4, 0.5) is 0 Å². The standard InChI is InChI=1S/C20H23NO3/c1-7-9-15-18-17(12(4)13(5)20(23)21-18)10-16(11(3)8-2)19(15)24-14(6)22/h7-8,10-11H,1-2,9H2,3-6H3,(H,21,23). The van der Waals surface area contributed by atoms with Gasteiger partial charge in [-0.3, -0.25) is 9.59 Å². The number of aromatic amines is 1. The van der Waals surface area contributed by atoms with E-state index in [1.165, 1.54) is 6.92 Å². The summed E-state index contributed by atoms with van der Waals surface area (Å²) in [6, 6.07) is 1.98. The summed E-state index contributed by atoms with van der Waals surface area (Å²) in [5.74, 6) is 0.0866. The maximum Gasteiger partial charge on any atom is 0.308 e. The highest BCUT2D eigenvalue weighted by Gasteiger charge is 2.21. The van der Waals surface area contributed by atoms with Crippen molar-refractivity contribution in [3.8, 4) is 5.75 Å². The first-order valence-corrected chi connectivity index (χ1v) is 7.92. The van der Waals surface area contributed by atoms with E-state index in [0.717, 1.165) is 22.1 Å². The van der Waals surface area contributed by atoms with Crippen LogP contribution >= 0.6 is 0 Å². The second-order valence-corrected chi connectivity index (χ2v) is 6.01. The molecule has 0 saturated carbocycles. The zero-order chi connectivity index (χ0) is 18.0. The van der Waals surface area contributed by atoms with Crippen molar-refractivity contribution in [2.75, 3.05) is 0 Å². The summed E-state index contributed by atoms with van der Waals surface area (Å²) < 4.78 is 5.51. The van der Waals surface area contributed by atoms with Crippen LogP contribution in [-0.4, -0.2) is 11.0 Å². The molecule has 4 nitrogen and oxygen atoms in total. The van der Waals surface area contributed by atoms with Crippen molar-refractivity contribution < 1.29 is 9.53 Å². The van der Waals surface area contributed by atoms with Crippen molar-refractivity contribution in [3.63, 3.8) is 0 Å². The molecule has 4 heteroatoms. The molecule has 0 spiro atoms. The Hall–Kier alpha value is -2.62. The van der Waals surface area contributed by atoms with Crippen LogP contribution in [0.15, 0.2) is 36.2 Å². The summed E-state index contributed by atoms with van der Waals surface area (Å²) in [5.41, 5.74) is 3.80. The minimum atomic E-state index is -0.400. The number of rotatable bonds is 5. The van der Waals surface area contributed by atoms with E-state index < -0.39 is 5.97 Å². The number of carbonyl (C=O) groups is 1. The van der Waals surface area contributed by atoms with Crippen LogP contribution < -0.4 is 10.3 Å². The minimum absolute atomic E-state index is 0.000973. The molecule has 0 aliphatic heterocycles. The molecule has 1 heterocycles. The molecule has 1 atom stereocenters. The maximum atomic E-state index is 12.2. The third-order valence-corrected chi connectivity index (χ3v) is 4.39. The molecule has 0 fully saturated rings. The van der Waals surface area contributed by atoms with Crippen molar-refractivity contribution in [3.05, 3.63) is 64.0 Å². The number of esters is 1. The number of aromatic nitrogens is 1. The summed E-state index contributed by atoms with van der Waals surface area (Å²) in [7, 11) is 0. The molecule has 0 radical (unpaired) electrons. The van der Waals surface area contributed by atoms with Crippen LogP contribution in [0.25, 0.3) is 10.9 Å². The van der Waals surface area contributed by atoms with Crippen LogP contribution in [0.1, 0.15) is 42.0 Å². The molecule has 2 rings (SSSR count). The molecule has 24 heavy (non-hydrogen) atoms. The average Bonchev–Trinajstić information content (AvgIpc) is 2.54. The number of benzene rings is 1. The average molecular weight is 325 g/mol. The summed E-state index contributed by atoms with van der Waals surface area (Å²) in [6.07, 6.45) is 4.02. The van der Waals surface area contributed by atoms with Gasteiger partial charge >= 0.3 is 5.97 Å². The van der Waals surface area contributed by atoms with Crippen LogP contribution in [0, 0.1) is 13.8 Å². The molecule has 1 N–H and O–H groups in total. The lowest BCUT2D eigenvalue weighted by atomic mass is 9.91. The highest BCUT2D eigenvalue weighted by molar-refractivity contribution is 5.90. The predicted molar refractivity (Wildman–Crippen MR) is 97.9 cm³/mol. The van der Waals surface area contributed by atoms with E-state index in [4.69, 9.17) is 4.74 Å². The number of hydrogen-bond acceptors (Lipinski definition) is 3. The molecule has 0 amide bonds. The Kier molecular flexibility index (Phi) is 5.07. The van der Waals surface area contributed by atoms with E-state index in [2.05, 4.69) is 18.1 Å². The Morgan fingerprint density at radius 3 is 2.54 bits per heavy atom. The van der Waals surface area contributed by atoms with Gasteiger partial charge in [-0.15, -0.1) is 13.2 Å². The van der Waals surface area contributed by atoms with Crippen molar-refractivity contribution in [1.82, 2.24) is 4.98 Å². The molecule has 0 aliphatic rings. The van der Waals surface area contributed by atoms with Gasteiger partial charge in [-0.05, 0) is 31.9 Å². The molecule has 0 saturated heterocycles. The van der Waals surface area contributed by atoms with Gasteiger partial charge in [0.15, 0.2) is 0 Å². The summed E-state index contributed by atoms with van der Waals surface area (Å²) >= 11 is 0. The van der Waals surface area contributed by atoms with Crippen molar-refractivity contribution in [1.29, 1.82) is 0 Å². The number of carbonyl (C=O) groups excluding carboxylic acids is 1. The Balaban J connectivity index is 3.02. The molecule has 1 aromatic heterocycles. The lowest BCUT2D eigenvalue weighted by Crippen LogP contribution is -2.15. The number of fused-ring (bicyclic) bond motifs is 1. The van der Waals surface area contributed by atoms with Gasteiger partial charge < -0.3 is 9.72 Å². The zero-order valence-corrected chi connectivity index (χ0v) is 14.7. The number of H-pyrrole nitrogens is 1. The fourth-order valence-corrected chi connectivity index (χ4v) is 2.83.